The van der Waals surface area contributed by atoms with Crippen molar-refractivity contribution >= 4 is 15.9 Å². The van der Waals surface area contributed by atoms with Gasteiger partial charge in [-0.2, -0.15) is 0 Å². The highest BCUT2D eigenvalue weighted by molar-refractivity contribution is 9.10. The van der Waals surface area contributed by atoms with E-state index >= 15 is 0 Å². The van der Waals surface area contributed by atoms with Gasteiger partial charge in [-0.1, -0.05) is 12.0 Å². The molecule has 0 atom stereocenters. The number of methoxy groups -OCH3 is 2. The lowest BCUT2D eigenvalue weighted by atomic mass is 9.85. The summed E-state index contributed by atoms with van der Waals surface area (Å²) < 4.78 is 11.4. The van der Waals surface area contributed by atoms with Crippen LogP contribution in [0.15, 0.2) is 16.6 Å². The minimum absolute atomic E-state index is 0.349. The van der Waals surface area contributed by atoms with Gasteiger partial charge in [0.2, 0.25) is 0 Å². The summed E-state index contributed by atoms with van der Waals surface area (Å²) in [5, 5.41) is 0. The van der Waals surface area contributed by atoms with Gasteiger partial charge in [-0.05, 0) is 41.4 Å². The van der Waals surface area contributed by atoms with Gasteiger partial charge in [0, 0.05) is 0 Å². The summed E-state index contributed by atoms with van der Waals surface area (Å²) in [7, 11) is 3.21. The molecule has 0 aliphatic rings. The third kappa shape index (κ3) is 2.17. The van der Waals surface area contributed by atoms with Crippen molar-refractivity contribution in [3.63, 3.8) is 0 Å². The molecule has 0 spiro atoms. The molecule has 1 aromatic carbocycles. The minimum Gasteiger partial charge on any atom is -0.493 e. The number of rotatable bonds is 3. The maximum Gasteiger partial charge on any atom is 0.175 e. The van der Waals surface area contributed by atoms with Gasteiger partial charge in [0.25, 0.3) is 0 Å². The molecule has 0 heterocycles. The van der Waals surface area contributed by atoms with Gasteiger partial charge >= 0.3 is 0 Å². The number of halogens is 1. The molecule has 0 aromatic heterocycles. The van der Waals surface area contributed by atoms with Crippen molar-refractivity contribution in [2.45, 2.75) is 19.3 Å². The van der Waals surface area contributed by atoms with Crippen LogP contribution < -0.4 is 9.47 Å². The molecule has 0 bridgehead atoms. The molecule has 0 saturated heterocycles. The summed E-state index contributed by atoms with van der Waals surface area (Å²) in [6.45, 7) is 3.97. The topological polar surface area (TPSA) is 18.5 Å². The van der Waals surface area contributed by atoms with E-state index in [1.165, 1.54) is 0 Å². The van der Waals surface area contributed by atoms with Crippen molar-refractivity contribution in [2.75, 3.05) is 14.2 Å². The Kier molecular flexibility index (Phi) is 3.88. The maximum absolute atomic E-state index is 5.53. The second-order valence-corrected chi connectivity index (χ2v) is 4.72. The van der Waals surface area contributed by atoms with Crippen molar-refractivity contribution in [3.05, 3.63) is 22.2 Å². The first-order valence-corrected chi connectivity index (χ1v) is 5.66. The van der Waals surface area contributed by atoms with Gasteiger partial charge < -0.3 is 9.47 Å². The van der Waals surface area contributed by atoms with Gasteiger partial charge in [-0.3, -0.25) is 0 Å². The molecule has 0 amide bonds. The fourth-order valence-corrected chi connectivity index (χ4v) is 2.43. The number of benzene rings is 1. The van der Waals surface area contributed by atoms with Gasteiger partial charge in [0.1, 0.15) is 0 Å². The Morgan fingerprint density at radius 2 is 1.88 bits per heavy atom. The number of ether oxygens (including phenoxy) is 2. The average molecular weight is 283 g/mol. The molecule has 1 aromatic rings. The van der Waals surface area contributed by atoms with Crippen molar-refractivity contribution < 1.29 is 9.47 Å². The Hall–Kier alpha value is -1.14. The van der Waals surface area contributed by atoms with E-state index in [1.807, 2.05) is 26.0 Å². The zero-order valence-corrected chi connectivity index (χ0v) is 11.5. The molecule has 0 aliphatic carbocycles. The molecule has 2 nitrogen and oxygen atoms in total. The predicted molar refractivity (Wildman–Crippen MR) is 69.1 cm³/mol. The van der Waals surface area contributed by atoms with E-state index in [-0.39, 0.29) is 5.41 Å². The van der Waals surface area contributed by atoms with Crippen molar-refractivity contribution in [2.24, 2.45) is 0 Å². The highest BCUT2D eigenvalue weighted by Gasteiger charge is 2.24. The van der Waals surface area contributed by atoms with Crippen LogP contribution in [0.3, 0.4) is 0 Å². The van der Waals surface area contributed by atoms with E-state index in [0.29, 0.717) is 11.5 Å². The lowest BCUT2D eigenvalue weighted by Gasteiger charge is -2.22. The standard InChI is InChI=1S/C13H15BrO2/c1-6-13(2,3)9-7-8-10(15-4)12(16-5)11(9)14/h1,7-8H,2-5H3. The van der Waals surface area contributed by atoms with Crippen LogP contribution in [0, 0.1) is 12.3 Å². The van der Waals surface area contributed by atoms with E-state index < -0.39 is 0 Å². The van der Waals surface area contributed by atoms with Gasteiger partial charge in [-0.25, -0.2) is 0 Å². The highest BCUT2D eigenvalue weighted by Crippen LogP contribution is 2.41. The highest BCUT2D eigenvalue weighted by atomic mass is 79.9. The number of hydrogen-bond donors (Lipinski definition) is 0. The largest absolute Gasteiger partial charge is 0.493 e. The Morgan fingerprint density at radius 3 is 2.31 bits per heavy atom. The van der Waals surface area contributed by atoms with Gasteiger partial charge in [0.15, 0.2) is 11.5 Å². The Bertz CT molecular complexity index is 430. The van der Waals surface area contributed by atoms with Crippen molar-refractivity contribution in [1.29, 1.82) is 0 Å². The molecule has 0 aliphatic heterocycles. The molecule has 16 heavy (non-hydrogen) atoms. The predicted octanol–water partition coefficient (Wildman–Crippen LogP) is 3.38. The molecule has 0 fully saturated rings. The zero-order chi connectivity index (χ0) is 12.3. The summed E-state index contributed by atoms with van der Waals surface area (Å²) >= 11 is 3.51. The van der Waals surface area contributed by atoms with E-state index in [1.54, 1.807) is 14.2 Å². The van der Waals surface area contributed by atoms with Crippen LogP contribution in [0.25, 0.3) is 0 Å². The molecule has 0 unspecified atom stereocenters. The van der Waals surface area contributed by atoms with Crippen LogP contribution in [-0.4, -0.2) is 14.2 Å². The normalized spacial score (nSPS) is 10.8. The maximum atomic E-state index is 5.53. The van der Waals surface area contributed by atoms with Crippen LogP contribution >= 0.6 is 15.9 Å². The average Bonchev–Trinajstić information content (AvgIpc) is 2.28. The molecule has 86 valence electrons. The first-order chi connectivity index (χ1) is 7.47. The summed E-state index contributed by atoms with van der Waals surface area (Å²) in [4.78, 5) is 0. The third-order valence-corrected chi connectivity index (χ3v) is 3.31. The molecular weight excluding hydrogens is 268 g/mol. The second-order valence-electron chi connectivity index (χ2n) is 3.93. The molecule has 1 rings (SSSR count). The Balaban J connectivity index is 3.42. The summed E-state index contributed by atoms with van der Waals surface area (Å²) in [6.07, 6.45) is 5.53. The lowest BCUT2D eigenvalue weighted by molar-refractivity contribution is 0.352. The molecule has 0 saturated carbocycles. The quantitative estimate of drug-likeness (QED) is 0.792. The summed E-state index contributed by atoms with van der Waals surface area (Å²) in [5.74, 6) is 4.12. The fourth-order valence-electron chi connectivity index (χ4n) is 1.45. The Morgan fingerprint density at radius 1 is 1.25 bits per heavy atom. The minimum atomic E-state index is -0.349. The van der Waals surface area contributed by atoms with Gasteiger partial charge in [-0.15, -0.1) is 6.42 Å². The molecule has 3 heteroatoms. The monoisotopic (exact) mass is 282 g/mol. The van der Waals surface area contributed by atoms with Crippen LogP contribution in [0.4, 0.5) is 0 Å². The first kappa shape index (κ1) is 12.9. The van der Waals surface area contributed by atoms with E-state index in [0.717, 1.165) is 10.0 Å². The first-order valence-electron chi connectivity index (χ1n) is 4.86. The molecule has 0 radical (unpaired) electrons. The Labute approximate surface area is 105 Å². The van der Waals surface area contributed by atoms with Crippen LogP contribution in [0.2, 0.25) is 0 Å². The third-order valence-electron chi connectivity index (χ3n) is 2.52. The second kappa shape index (κ2) is 4.80. The number of terminal acetylenes is 1. The van der Waals surface area contributed by atoms with Crippen molar-refractivity contribution in [1.82, 2.24) is 0 Å². The number of hydrogen-bond acceptors (Lipinski definition) is 2. The van der Waals surface area contributed by atoms with E-state index in [2.05, 4.69) is 21.9 Å². The SMILES string of the molecule is C#CC(C)(C)c1ccc(OC)c(OC)c1Br. The van der Waals surface area contributed by atoms with E-state index in [9.17, 15) is 0 Å². The fraction of sp³-hybridized carbons (Fsp3) is 0.385. The van der Waals surface area contributed by atoms with Gasteiger partial charge in [0.05, 0.1) is 24.1 Å². The summed E-state index contributed by atoms with van der Waals surface area (Å²) in [5.41, 5.74) is 0.658. The lowest BCUT2D eigenvalue weighted by Crippen LogP contribution is -2.15. The van der Waals surface area contributed by atoms with Crippen LogP contribution in [0.5, 0.6) is 11.5 Å². The van der Waals surface area contributed by atoms with Crippen molar-refractivity contribution in [3.8, 4) is 23.8 Å². The van der Waals surface area contributed by atoms with E-state index in [4.69, 9.17) is 15.9 Å². The molecule has 0 N–H and O–H groups in total. The molecular formula is C13H15BrO2. The zero-order valence-electron chi connectivity index (χ0n) is 9.93. The smallest absolute Gasteiger partial charge is 0.175 e. The summed E-state index contributed by atoms with van der Waals surface area (Å²) in [6, 6.07) is 3.81. The van der Waals surface area contributed by atoms with Crippen LogP contribution in [0.1, 0.15) is 19.4 Å². The van der Waals surface area contributed by atoms with Crippen LogP contribution in [-0.2, 0) is 5.41 Å².